The van der Waals surface area contributed by atoms with Crippen LogP contribution in [0.3, 0.4) is 0 Å². The first kappa shape index (κ1) is 13.9. The van der Waals surface area contributed by atoms with Crippen LogP contribution in [-0.4, -0.2) is 38.1 Å². The van der Waals surface area contributed by atoms with E-state index < -0.39 is 0 Å². The Kier molecular flexibility index (Phi) is 4.78. The van der Waals surface area contributed by atoms with E-state index in [0.717, 1.165) is 38.2 Å². The monoisotopic (exact) mass is 258 g/mol. The smallest absolute Gasteiger partial charge is 0.0622 e. The lowest BCUT2D eigenvalue weighted by Gasteiger charge is -2.34. The molecule has 2 rings (SSSR count). The summed E-state index contributed by atoms with van der Waals surface area (Å²) in [5, 5.41) is 8.63. The van der Waals surface area contributed by atoms with Gasteiger partial charge in [0, 0.05) is 44.3 Å². The SMILES string of the molecule is CN1CCN(c2cccc([C@@H](N)CCC#N)c2)CC1. The summed E-state index contributed by atoms with van der Waals surface area (Å²) >= 11 is 0. The fraction of sp³-hybridized carbons (Fsp3) is 0.533. The van der Waals surface area contributed by atoms with Crippen LogP contribution >= 0.6 is 0 Å². The van der Waals surface area contributed by atoms with E-state index in [9.17, 15) is 0 Å². The molecule has 2 N–H and O–H groups in total. The van der Waals surface area contributed by atoms with Crippen molar-refractivity contribution in [2.75, 3.05) is 38.1 Å². The molecule has 0 amide bonds. The minimum atomic E-state index is -0.0351. The lowest BCUT2D eigenvalue weighted by molar-refractivity contribution is 0.313. The molecule has 1 aromatic carbocycles. The molecule has 4 nitrogen and oxygen atoms in total. The number of piperazine rings is 1. The number of anilines is 1. The minimum absolute atomic E-state index is 0.0351. The van der Waals surface area contributed by atoms with Crippen LogP contribution in [0.2, 0.25) is 0 Å². The quantitative estimate of drug-likeness (QED) is 0.894. The molecule has 1 aliphatic rings. The molecule has 1 heterocycles. The van der Waals surface area contributed by atoms with Crippen molar-refractivity contribution in [2.45, 2.75) is 18.9 Å². The van der Waals surface area contributed by atoms with Gasteiger partial charge in [0.15, 0.2) is 0 Å². The van der Waals surface area contributed by atoms with Gasteiger partial charge in [-0.15, -0.1) is 0 Å². The van der Waals surface area contributed by atoms with Gasteiger partial charge in [-0.2, -0.15) is 5.26 Å². The van der Waals surface area contributed by atoms with Gasteiger partial charge >= 0.3 is 0 Å². The predicted molar refractivity (Wildman–Crippen MR) is 77.9 cm³/mol. The van der Waals surface area contributed by atoms with Crippen molar-refractivity contribution in [3.8, 4) is 6.07 Å². The molecule has 0 spiro atoms. The first-order valence-corrected chi connectivity index (χ1v) is 6.86. The van der Waals surface area contributed by atoms with Gasteiger partial charge in [0.1, 0.15) is 0 Å². The van der Waals surface area contributed by atoms with Gasteiger partial charge in [-0.05, 0) is 31.2 Å². The van der Waals surface area contributed by atoms with Crippen LogP contribution in [0.1, 0.15) is 24.4 Å². The summed E-state index contributed by atoms with van der Waals surface area (Å²) in [5.74, 6) is 0. The molecule has 0 radical (unpaired) electrons. The Hall–Kier alpha value is -1.57. The Labute approximate surface area is 115 Å². The topological polar surface area (TPSA) is 56.3 Å². The largest absolute Gasteiger partial charge is 0.369 e. The van der Waals surface area contributed by atoms with Crippen LogP contribution < -0.4 is 10.6 Å². The first-order valence-electron chi connectivity index (χ1n) is 6.86. The normalized spacial score (nSPS) is 18.1. The number of likely N-dealkylation sites (N-methyl/N-ethyl adjacent to an activating group) is 1. The molecule has 1 fully saturated rings. The summed E-state index contributed by atoms with van der Waals surface area (Å²) in [7, 11) is 2.16. The van der Waals surface area contributed by atoms with Gasteiger partial charge < -0.3 is 15.5 Å². The van der Waals surface area contributed by atoms with Crippen molar-refractivity contribution in [1.82, 2.24) is 4.90 Å². The molecule has 1 aliphatic heterocycles. The van der Waals surface area contributed by atoms with Gasteiger partial charge in [0.25, 0.3) is 0 Å². The molecule has 0 saturated carbocycles. The van der Waals surface area contributed by atoms with Gasteiger partial charge in [0.05, 0.1) is 6.07 Å². The van der Waals surface area contributed by atoms with Gasteiger partial charge in [-0.1, -0.05) is 12.1 Å². The first-order chi connectivity index (χ1) is 9.20. The third kappa shape index (κ3) is 3.69. The number of hydrogen-bond acceptors (Lipinski definition) is 4. The van der Waals surface area contributed by atoms with Crippen molar-refractivity contribution in [1.29, 1.82) is 5.26 Å². The molecule has 0 aromatic heterocycles. The van der Waals surface area contributed by atoms with E-state index in [1.165, 1.54) is 5.69 Å². The fourth-order valence-electron chi connectivity index (χ4n) is 2.40. The predicted octanol–water partition coefficient (Wildman–Crippen LogP) is 1.74. The Morgan fingerprint density at radius 2 is 2.05 bits per heavy atom. The van der Waals surface area contributed by atoms with Gasteiger partial charge in [-0.3, -0.25) is 0 Å². The molecule has 4 heteroatoms. The van der Waals surface area contributed by atoms with Crippen molar-refractivity contribution < 1.29 is 0 Å². The number of hydrogen-bond donors (Lipinski definition) is 1. The Bertz CT molecular complexity index is 444. The molecule has 19 heavy (non-hydrogen) atoms. The zero-order valence-corrected chi connectivity index (χ0v) is 11.5. The maximum absolute atomic E-state index is 8.63. The van der Waals surface area contributed by atoms with Crippen LogP contribution in [0.5, 0.6) is 0 Å². The summed E-state index contributed by atoms with van der Waals surface area (Å²) in [6.07, 6.45) is 1.24. The highest BCUT2D eigenvalue weighted by Crippen LogP contribution is 2.22. The lowest BCUT2D eigenvalue weighted by Crippen LogP contribution is -2.44. The lowest BCUT2D eigenvalue weighted by atomic mass is 10.0. The Morgan fingerprint density at radius 1 is 1.32 bits per heavy atom. The molecular weight excluding hydrogens is 236 g/mol. The van der Waals surface area contributed by atoms with Crippen LogP contribution in [0.25, 0.3) is 0 Å². The molecule has 1 aromatic rings. The van der Waals surface area contributed by atoms with Crippen molar-refractivity contribution >= 4 is 5.69 Å². The van der Waals surface area contributed by atoms with Crippen LogP contribution in [0.4, 0.5) is 5.69 Å². The second-order valence-corrected chi connectivity index (χ2v) is 5.19. The molecule has 1 saturated heterocycles. The number of benzene rings is 1. The second-order valence-electron chi connectivity index (χ2n) is 5.19. The molecule has 0 aliphatic carbocycles. The van der Waals surface area contributed by atoms with E-state index in [0.29, 0.717) is 6.42 Å². The van der Waals surface area contributed by atoms with E-state index >= 15 is 0 Å². The number of nitrogens with zero attached hydrogens (tertiary/aromatic N) is 3. The number of nitrogens with two attached hydrogens (primary N) is 1. The highest BCUT2D eigenvalue weighted by molar-refractivity contribution is 5.49. The van der Waals surface area contributed by atoms with E-state index in [-0.39, 0.29) is 6.04 Å². The van der Waals surface area contributed by atoms with Crippen molar-refractivity contribution in [3.05, 3.63) is 29.8 Å². The van der Waals surface area contributed by atoms with E-state index in [1.807, 2.05) is 0 Å². The Morgan fingerprint density at radius 3 is 2.74 bits per heavy atom. The van der Waals surface area contributed by atoms with Crippen LogP contribution in [0.15, 0.2) is 24.3 Å². The van der Waals surface area contributed by atoms with E-state index in [1.54, 1.807) is 0 Å². The standard InChI is InChI=1S/C15H22N4/c1-18-8-10-19(11-9-18)14-5-2-4-13(12-14)15(17)6-3-7-16/h2,4-5,12,15H,3,6,8-11,17H2,1H3/t15-/m0/s1. The van der Waals surface area contributed by atoms with E-state index in [4.69, 9.17) is 11.0 Å². The summed E-state index contributed by atoms with van der Waals surface area (Å²) in [6.45, 7) is 4.33. The average molecular weight is 258 g/mol. The van der Waals surface area contributed by atoms with E-state index in [2.05, 4.69) is 47.2 Å². The highest BCUT2D eigenvalue weighted by Gasteiger charge is 2.15. The third-order valence-corrected chi connectivity index (χ3v) is 3.73. The molecule has 1 atom stereocenters. The minimum Gasteiger partial charge on any atom is -0.369 e. The summed E-state index contributed by atoms with van der Waals surface area (Å²) < 4.78 is 0. The highest BCUT2D eigenvalue weighted by atomic mass is 15.2. The molecular formula is C15H22N4. The molecule has 102 valence electrons. The molecule has 0 unspecified atom stereocenters. The zero-order valence-electron chi connectivity index (χ0n) is 11.5. The second kappa shape index (κ2) is 6.55. The maximum Gasteiger partial charge on any atom is 0.0622 e. The van der Waals surface area contributed by atoms with Crippen LogP contribution in [0, 0.1) is 11.3 Å². The maximum atomic E-state index is 8.63. The Balaban J connectivity index is 2.04. The van der Waals surface area contributed by atoms with Gasteiger partial charge in [-0.25, -0.2) is 0 Å². The van der Waals surface area contributed by atoms with Crippen molar-refractivity contribution in [2.24, 2.45) is 5.73 Å². The fourth-order valence-corrected chi connectivity index (χ4v) is 2.40. The average Bonchev–Trinajstić information content (AvgIpc) is 2.45. The number of nitriles is 1. The van der Waals surface area contributed by atoms with Crippen LogP contribution in [-0.2, 0) is 0 Å². The number of rotatable bonds is 4. The summed E-state index contributed by atoms with van der Waals surface area (Å²) in [6, 6.07) is 10.6. The van der Waals surface area contributed by atoms with Gasteiger partial charge in [0.2, 0.25) is 0 Å². The summed E-state index contributed by atoms with van der Waals surface area (Å²) in [4.78, 5) is 4.75. The zero-order chi connectivity index (χ0) is 13.7. The molecule has 0 bridgehead atoms. The summed E-state index contributed by atoms with van der Waals surface area (Å²) in [5.41, 5.74) is 8.50. The van der Waals surface area contributed by atoms with Crippen molar-refractivity contribution in [3.63, 3.8) is 0 Å². The third-order valence-electron chi connectivity index (χ3n) is 3.73.